The van der Waals surface area contributed by atoms with Crippen LogP contribution in [-0.2, 0) is 14.4 Å². The van der Waals surface area contributed by atoms with Crippen molar-refractivity contribution in [3.05, 3.63) is 81.8 Å². The Balaban J connectivity index is 0.000000439. The van der Waals surface area contributed by atoms with E-state index in [9.17, 15) is 19.2 Å². The summed E-state index contributed by atoms with van der Waals surface area (Å²) in [6.07, 6.45) is -1.40. The van der Waals surface area contributed by atoms with Gasteiger partial charge in [-0.2, -0.15) is 0 Å². The minimum atomic E-state index is -2.74. The third-order valence-electron chi connectivity index (χ3n) is 6.77. The molecule has 0 bridgehead atoms. The highest BCUT2D eigenvalue weighted by atomic mass is 35.5. The number of carboxylic acid groups (broad SMARTS) is 3. The normalized spacial score (nSPS) is 11.9. The van der Waals surface area contributed by atoms with Crippen LogP contribution in [0.15, 0.2) is 60.7 Å². The van der Waals surface area contributed by atoms with Crippen molar-refractivity contribution in [2.24, 2.45) is 5.73 Å². The third-order valence-corrected chi connectivity index (χ3v) is 7.51. The minimum absolute atomic E-state index is 0.00263. The summed E-state index contributed by atoms with van der Waals surface area (Å²) in [5.41, 5.74) is 4.93. The van der Waals surface area contributed by atoms with Gasteiger partial charge in [0.25, 0.3) is 5.91 Å². The maximum absolute atomic E-state index is 13.6. The van der Waals surface area contributed by atoms with E-state index in [2.05, 4.69) is 4.90 Å². The molecule has 1 atom stereocenters. The molecule has 6 N–H and O–H groups in total. The van der Waals surface area contributed by atoms with Crippen LogP contribution in [0.25, 0.3) is 10.8 Å². The van der Waals surface area contributed by atoms with Crippen LogP contribution in [0, 0.1) is 0 Å². The fraction of sp³-hybridized carbons (Fsp3) is 0.355. The summed E-state index contributed by atoms with van der Waals surface area (Å²) in [5.74, 6) is -4.91. The average molecular weight is 651 g/mol. The molecule has 3 aromatic carbocycles. The SMILES string of the molecule is CN(C)CCC(CN(CCN)C(=O)c1cccc2ccccc12)c1ccc(Cl)c(Cl)c1.O=C(O)CC(O)(CC(=O)O)C(=O)O. The number of fused-ring (bicyclic) bond motifs is 1. The van der Waals surface area contributed by atoms with Gasteiger partial charge in [-0.1, -0.05) is 65.7 Å². The van der Waals surface area contributed by atoms with Gasteiger partial charge in [-0.25, -0.2) is 4.79 Å². The number of aliphatic hydroxyl groups is 1. The molecular formula is C31H37Cl2N3O8. The standard InChI is InChI=1S/C25H29Cl2N3O.C6H8O7/c1-29(2)14-12-20(19-10-11-23(26)24(27)16-19)17-30(15-13-28)25(31)22-9-5-7-18-6-3-4-8-21(18)22;7-3(8)1-6(13,5(11)12)2-4(9)10/h3-11,16,20H,12-15,17,28H2,1-2H3;13H,1-2H2,(H,7,8)(H,9,10)(H,11,12). The van der Waals surface area contributed by atoms with Crippen molar-refractivity contribution < 1.29 is 39.6 Å². The van der Waals surface area contributed by atoms with E-state index in [4.69, 9.17) is 49.4 Å². The van der Waals surface area contributed by atoms with E-state index < -0.39 is 36.4 Å². The Kier molecular flexibility index (Phi) is 14.0. The second kappa shape index (κ2) is 16.9. The molecule has 0 aliphatic heterocycles. The molecule has 238 valence electrons. The first-order valence-corrected chi connectivity index (χ1v) is 14.4. The van der Waals surface area contributed by atoms with Crippen LogP contribution in [0.2, 0.25) is 10.0 Å². The predicted molar refractivity (Wildman–Crippen MR) is 168 cm³/mol. The molecule has 11 nitrogen and oxygen atoms in total. The Hall–Kier alpha value is -3.74. The fourth-order valence-corrected chi connectivity index (χ4v) is 4.84. The van der Waals surface area contributed by atoms with Crippen molar-refractivity contribution in [1.82, 2.24) is 9.80 Å². The molecule has 13 heteroatoms. The van der Waals surface area contributed by atoms with Gasteiger partial charge in [0, 0.05) is 31.1 Å². The summed E-state index contributed by atoms with van der Waals surface area (Å²) in [5, 5.41) is 36.9. The highest BCUT2D eigenvalue weighted by Crippen LogP contribution is 2.30. The van der Waals surface area contributed by atoms with Crippen molar-refractivity contribution in [3.63, 3.8) is 0 Å². The van der Waals surface area contributed by atoms with Crippen molar-refractivity contribution in [2.45, 2.75) is 30.8 Å². The van der Waals surface area contributed by atoms with E-state index in [1.165, 1.54) is 0 Å². The number of aliphatic carboxylic acids is 3. The average Bonchev–Trinajstić information content (AvgIpc) is 2.95. The van der Waals surface area contributed by atoms with Crippen molar-refractivity contribution in [1.29, 1.82) is 0 Å². The highest BCUT2D eigenvalue weighted by Gasteiger charge is 2.40. The molecule has 0 aliphatic rings. The second-order valence-corrected chi connectivity index (χ2v) is 11.3. The van der Waals surface area contributed by atoms with Gasteiger partial charge >= 0.3 is 17.9 Å². The summed E-state index contributed by atoms with van der Waals surface area (Å²) in [6, 6.07) is 19.5. The molecule has 0 aromatic heterocycles. The molecular weight excluding hydrogens is 613 g/mol. The van der Waals surface area contributed by atoms with Crippen LogP contribution in [0.3, 0.4) is 0 Å². The van der Waals surface area contributed by atoms with E-state index in [1.54, 1.807) is 0 Å². The number of rotatable bonds is 14. The Morgan fingerprint density at radius 2 is 1.48 bits per heavy atom. The molecule has 0 radical (unpaired) electrons. The van der Waals surface area contributed by atoms with E-state index in [1.807, 2.05) is 79.7 Å². The van der Waals surface area contributed by atoms with Crippen LogP contribution in [-0.4, -0.2) is 99.9 Å². The largest absolute Gasteiger partial charge is 0.481 e. The smallest absolute Gasteiger partial charge is 0.336 e. The van der Waals surface area contributed by atoms with Crippen LogP contribution in [0.4, 0.5) is 0 Å². The second-order valence-electron chi connectivity index (χ2n) is 10.5. The van der Waals surface area contributed by atoms with E-state index >= 15 is 0 Å². The number of hydrogen-bond donors (Lipinski definition) is 5. The molecule has 3 aromatic rings. The molecule has 1 unspecified atom stereocenters. The molecule has 0 fully saturated rings. The lowest BCUT2D eigenvalue weighted by molar-refractivity contribution is -0.170. The van der Waals surface area contributed by atoms with Gasteiger partial charge in [0.2, 0.25) is 0 Å². The molecule has 3 rings (SSSR count). The first-order valence-electron chi connectivity index (χ1n) is 13.6. The van der Waals surface area contributed by atoms with Gasteiger partial charge in [-0.3, -0.25) is 14.4 Å². The van der Waals surface area contributed by atoms with Gasteiger partial charge in [-0.05, 0) is 61.6 Å². The first-order chi connectivity index (χ1) is 20.7. The van der Waals surface area contributed by atoms with Crippen molar-refractivity contribution >= 4 is 57.8 Å². The molecule has 0 spiro atoms. The lowest BCUT2D eigenvalue weighted by atomic mass is 9.94. The molecule has 1 amide bonds. The van der Waals surface area contributed by atoms with Gasteiger partial charge < -0.3 is 36.0 Å². The lowest BCUT2D eigenvalue weighted by Crippen LogP contribution is -2.42. The number of nitrogens with two attached hydrogens (primary N) is 1. The summed E-state index contributed by atoms with van der Waals surface area (Å²) in [7, 11) is 4.09. The third kappa shape index (κ3) is 10.8. The van der Waals surface area contributed by atoms with Gasteiger partial charge in [0.15, 0.2) is 5.60 Å². The molecule has 0 heterocycles. The quantitative estimate of drug-likeness (QED) is 0.171. The number of nitrogens with zero attached hydrogens (tertiary/aromatic N) is 2. The number of carbonyl (C=O) groups excluding carboxylic acids is 1. The minimum Gasteiger partial charge on any atom is -0.481 e. The fourth-order valence-electron chi connectivity index (χ4n) is 4.54. The predicted octanol–water partition coefficient (Wildman–Crippen LogP) is 4.03. The molecule has 0 saturated carbocycles. The van der Waals surface area contributed by atoms with E-state index in [-0.39, 0.29) is 11.8 Å². The zero-order chi connectivity index (χ0) is 33.0. The van der Waals surface area contributed by atoms with Crippen molar-refractivity contribution in [2.75, 3.05) is 40.3 Å². The molecule has 0 aliphatic carbocycles. The van der Waals surface area contributed by atoms with Gasteiger partial charge in [-0.15, -0.1) is 0 Å². The van der Waals surface area contributed by atoms with Gasteiger partial charge in [0.1, 0.15) is 0 Å². The zero-order valence-electron chi connectivity index (χ0n) is 24.5. The summed E-state index contributed by atoms with van der Waals surface area (Å²) >= 11 is 12.4. The van der Waals surface area contributed by atoms with E-state index in [0.717, 1.165) is 29.3 Å². The Bertz CT molecular complexity index is 1450. The van der Waals surface area contributed by atoms with Crippen LogP contribution < -0.4 is 5.73 Å². The first kappa shape index (κ1) is 36.5. The van der Waals surface area contributed by atoms with E-state index in [0.29, 0.717) is 35.2 Å². The summed E-state index contributed by atoms with van der Waals surface area (Å²) in [4.78, 5) is 48.1. The van der Waals surface area contributed by atoms with Gasteiger partial charge in [0.05, 0.1) is 22.9 Å². The number of carbonyl (C=O) groups is 4. The topological polar surface area (TPSA) is 182 Å². The zero-order valence-corrected chi connectivity index (χ0v) is 26.0. The molecule has 0 saturated heterocycles. The number of amides is 1. The Morgan fingerprint density at radius 3 is 2.02 bits per heavy atom. The lowest BCUT2D eigenvalue weighted by Gasteiger charge is -2.29. The van der Waals surface area contributed by atoms with Crippen molar-refractivity contribution in [3.8, 4) is 0 Å². The molecule has 44 heavy (non-hydrogen) atoms. The van der Waals surface area contributed by atoms with Crippen LogP contribution >= 0.6 is 23.2 Å². The summed E-state index contributed by atoms with van der Waals surface area (Å²) in [6.45, 7) is 2.34. The Morgan fingerprint density at radius 1 is 0.864 bits per heavy atom. The Labute approximate surface area is 265 Å². The number of hydrogen-bond acceptors (Lipinski definition) is 7. The number of carboxylic acids is 3. The number of halogens is 2. The highest BCUT2D eigenvalue weighted by molar-refractivity contribution is 6.42. The maximum Gasteiger partial charge on any atom is 0.336 e. The van der Waals surface area contributed by atoms with Crippen LogP contribution in [0.1, 0.15) is 41.1 Å². The number of benzene rings is 3. The van der Waals surface area contributed by atoms with Crippen LogP contribution in [0.5, 0.6) is 0 Å². The maximum atomic E-state index is 13.6. The summed E-state index contributed by atoms with van der Waals surface area (Å²) < 4.78 is 0. The monoisotopic (exact) mass is 649 g/mol.